The van der Waals surface area contributed by atoms with E-state index in [9.17, 15) is 14.7 Å². The molecule has 4 rings (SSSR count). The lowest BCUT2D eigenvalue weighted by Crippen LogP contribution is -2.34. The minimum atomic E-state index is -0.972. The molecule has 0 saturated carbocycles. The number of hydrogen-bond acceptors (Lipinski definition) is 4. The molecule has 0 unspecified atom stereocenters. The van der Waals surface area contributed by atoms with Gasteiger partial charge in [0.2, 0.25) is 5.91 Å². The minimum absolute atomic E-state index is 0.0727. The molecule has 1 aromatic carbocycles. The summed E-state index contributed by atoms with van der Waals surface area (Å²) in [4.78, 5) is 27.7. The highest BCUT2D eigenvalue weighted by Gasteiger charge is 2.29. The Morgan fingerprint density at radius 3 is 2.64 bits per heavy atom. The van der Waals surface area contributed by atoms with Crippen LogP contribution in [-0.4, -0.2) is 39.9 Å². The number of amides is 1. The van der Waals surface area contributed by atoms with Crippen molar-refractivity contribution in [1.29, 1.82) is 0 Å². The number of aromatic carboxylic acids is 1. The Kier molecular flexibility index (Phi) is 4.61. The Labute approximate surface area is 164 Å². The van der Waals surface area contributed by atoms with Crippen LogP contribution in [0.2, 0.25) is 0 Å². The van der Waals surface area contributed by atoms with Crippen molar-refractivity contribution in [1.82, 2.24) is 9.78 Å². The van der Waals surface area contributed by atoms with E-state index in [-0.39, 0.29) is 17.6 Å². The molecule has 0 fully saturated rings. The van der Waals surface area contributed by atoms with Gasteiger partial charge in [-0.25, -0.2) is 4.79 Å². The number of nitrogens with zero attached hydrogens (tertiary/aromatic N) is 4. The van der Waals surface area contributed by atoms with E-state index < -0.39 is 5.97 Å². The smallest absolute Gasteiger partial charge is 0.356 e. The third-order valence-electron chi connectivity index (χ3n) is 5.70. The van der Waals surface area contributed by atoms with Gasteiger partial charge < -0.3 is 14.9 Å². The number of benzene rings is 1. The molecule has 1 aromatic heterocycles. The zero-order valence-corrected chi connectivity index (χ0v) is 16.6. The van der Waals surface area contributed by atoms with Crippen LogP contribution in [0.4, 0.5) is 11.4 Å². The summed E-state index contributed by atoms with van der Waals surface area (Å²) in [5, 5.41) is 14.0. The molecule has 28 heavy (non-hydrogen) atoms. The average Bonchev–Trinajstić information content (AvgIpc) is 3.06. The number of rotatable bonds is 3. The van der Waals surface area contributed by atoms with Crippen molar-refractivity contribution in [3.63, 3.8) is 0 Å². The summed E-state index contributed by atoms with van der Waals surface area (Å²) in [6, 6.07) is 6.35. The molecule has 0 saturated heterocycles. The Morgan fingerprint density at radius 2 is 1.96 bits per heavy atom. The molecule has 0 spiro atoms. The first-order chi connectivity index (χ1) is 13.4. The number of aryl methyl sites for hydroxylation is 1. The standard InChI is InChI=1S/C21H26N4O3/c1-13(2)25-19-8-10-23(12-17(19)20(22-25)21(27)28)16-6-7-18-15(11-16)5-4-9-24(18)14(3)26/h6-7,11,13H,4-5,8-10,12H2,1-3H3,(H,27,28). The average molecular weight is 382 g/mol. The molecular weight excluding hydrogens is 356 g/mol. The molecule has 1 N–H and O–H groups in total. The Morgan fingerprint density at radius 1 is 1.18 bits per heavy atom. The summed E-state index contributed by atoms with van der Waals surface area (Å²) in [5.74, 6) is -0.899. The number of carboxylic acid groups (broad SMARTS) is 1. The number of hydrogen-bond donors (Lipinski definition) is 1. The summed E-state index contributed by atoms with van der Waals surface area (Å²) in [6.07, 6.45) is 2.69. The van der Waals surface area contributed by atoms with Gasteiger partial charge in [0.15, 0.2) is 5.69 Å². The van der Waals surface area contributed by atoms with Crippen LogP contribution in [0.3, 0.4) is 0 Å². The molecule has 0 aliphatic carbocycles. The topological polar surface area (TPSA) is 78.7 Å². The van der Waals surface area contributed by atoms with Gasteiger partial charge in [0.25, 0.3) is 0 Å². The van der Waals surface area contributed by atoms with E-state index in [4.69, 9.17) is 0 Å². The molecule has 3 heterocycles. The summed E-state index contributed by atoms with van der Waals surface area (Å²) in [5.41, 5.74) is 5.26. The molecule has 0 radical (unpaired) electrons. The van der Waals surface area contributed by atoms with Crippen molar-refractivity contribution in [2.24, 2.45) is 0 Å². The fourth-order valence-corrected chi connectivity index (χ4v) is 4.37. The highest BCUT2D eigenvalue weighted by molar-refractivity contribution is 5.93. The van der Waals surface area contributed by atoms with E-state index in [1.165, 1.54) is 5.56 Å². The number of carboxylic acids is 1. The van der Waals surface area contributed by atoms with E-state index in [0.717, 1.165) is 55.0 Å². The van der Waals surface area contributed by atoms with Gasteiger partial charge in [-0.05, 0) is 50.5 Å². The third kappa shape index (κ3) is 3.04. The maximum Gasteiger partial charge on any atom is 0.356 e. The molecule has 148 valence electrons. The lowest BCUT2D eigenvalue weighted by atomic mass is 9.99. The molecular formula is C21H26N4O3. The molecule has 2 aliphatic heterocycles. The second-order valence-electron chi connectivity index (χ2n) is 7.88. The van der Waals surface area contributed by atoms with Crippen molar-refractivity contribution < 1.29 is 14.7 Å². The van der Waals surface area contributed by atoms with Crippen molar-refractivity contribution in [3.8, 4) is 0 Å². The summed E-state index contributed by atoms with van der Waals surface area (Å²) >= 11 is 0. The first kappa shape index (κ1) is 18.5. The van der Waals surface area contributed by atoms with E-state index in [0.29, 0.717) is 6.54 Å². The van der Waals surface area contributed by atoms with E-state index in [2.05, 4.69) is 16.1 Å². The minimum Gasteiger partial charge on any atom is -0.476 e. The van der Waals surface area contributed by atoms with Crippen LogP contribution in [0.25, 0.3) is 0 Å². The number of anilines is 2. The fraction of sp³-hybridized carbons (Fsp3) is 0.476. The largest absolute Gasteiger partial charge is 0.476 e. The van der Waals surface area contributed by atoms with E-state index >= 15 is 0 Å². The quantitative estimate of drug-likeness (QED) is 0.883. The Balaban J connectivity index is 1.67. The second-order valence-corrected chi connectivity index (χ2v) is 7.88. The number of fused-ring (bicyclic) bond motifs is 2. The van der Waals surface area contributed by atoms with Gasteiger partial charge in [-0.1, -0.05) is 0 Å². The van der Waals surface area contributed by atoms with Crippen LogP contribution in [0.1, 0.15) is 60.5 Å². The molecule has 7 heteroatoms. The van der Waals surface area contributed by atoms with Crippen molar-refractivity contribution >= 4 is 23.3 Å². The summed E-state index contributed by atoms with van der Waals surface area (Å²) in [6.45, 7) is 7.78. The van der Waals surface area contributed by atoms with Crippen LogP contribution in [0.15, 0.2) is 18.2 Å². The maximum atomic E-state index is 11.9. The third-order valence-corrected chi connectivity index (χ3v) is 5.70. The molecule has 0 atom stereocenters. The summed E-state index contributed by atoms with van der Waals surface area (Å²) in [7, 11) is 0. The predicted octanol–water partition coefficient (Wildman–Crippen LogP) is 3.02. The molecule has 7 nitrogen and oxygen atoms in total. The van der Waals surface area contributed by atoms with Gasteiger partial charge in [0.1, 0.15) is 0 Å². The van der Waals surface area contributed by atoms with Gasteiger partial charge in [-0.2, -0.15) is 5.10 Å². The van der Waals surface area contributed by atoms with Gasteiger partial charge in [0, 0.05) is 61.7 Å². The SMILES string of the molecule is CC(=O)N1CCCc2cc(N3CCc4c(c(C(=O)O)nn4C(C)C)C3)ccc21. The highest BCUT2D eigenvalue weighted by atomic mass is 16.4. The molecule has 0 bridgehead atoms. The second kappa shape index (κ2) is 6.96. The van der Waals surface area contributed by atoms with Gasteiger partial charge in [-0.15, -0.1) is 0 Å². The predicted molar refractivity (Wildman–Crippen MR) is 107 cm³/mol. The first-order valence-electron chi connectivity index (χ1n) is 9.86. The number of aromatic nitrogens is 2. The molecule has 2 aromatic rings. The van der Waals surface area contributed by atoms with Crippen molar-refractivity contribution in [2.75, 3.05) is 22.9 Å². The Bertz CT molecular complexity index is 947. The zero-order chi connectivity index (χ0) is 20.0. The van der Waals surface area contributed by atoms with Gasteiger partial charge in [0.05, 0.1) is 0 Å². The van der Waals surface area contributed by atoms with Gasteiger partial charge >= 0.3 is 5.97 Å². The zero-order valence-electron chi connectivity index (χ0n) is 16.6. The van der Waals surface area contributed by atoms with Crippen molar-refractivity contribution in [3.05, 3.63) is 40.7 Å². The van der Waals surface area contributed by atoms with Crippen molar-refractivity contribution in [2.45, 2.75) is 52.6 Å². The van der Waals surface area contributed by atoms with Gasteiger partial charge in [-0.3, -0.25) is 9.48 Å². The maximum absolute atomic E-state index is 11.9. The van der Waals surface area contributed by atoms with Crippen LogP contribution in [0.5, 0.6) is 0 Å². The monoisotopic (exact) mass is 382 g/mol. The molecule has 2 aliphatic rings. The Hall–Kier alpha value is -2.83. The van der Waals surface area contributed by atoms with Crippen LogP contribution >= 0.6 is 0 Å². The number of carbonyl (C=O) groups is 2. The molecule has 1 amide bonds. The lowest BCUT2D eigenvalue weighted by Gasteiger charge is -2.33. The summed E-state index contributed by atoms with van der Waals surface area (Å²) < 4.78 is 1.85. The first-order valence-corrected chi connectivity index (χ1v) is 9.86. The van der Waals surface area contributed by atoms with Crippen LogP contribution < -0.4 is 9.80 Å². The lowest BCUT2D eigenvalue weighted by molar-refractivity contribution is -0.116. The fourth-order valence-electron chi connectivity index (χ4n) is 4.37. The van der Waals surface area contributed by atoms with Crippen LogP contribution in [0, 0.1) is 0 Å². The van der Waals surface area contributed by atoms with Crippen LogP contribution in [-0.2, 0) is 24.2 Å². The van der Waals surface area contributed by atoms with E-state index in [1.807, 2.05) is 35.6 Å². The highest BCUT2D eigenvalue weighted by Crippen LogP contribution is 2.34. The normalized spacial score (nSPS) is 16.1. The number of carbonyl (C=O) groups excluding carboxylic acids is 1. The van der Waals surface area contributed by atoms with E-state index in [1.54, 1.807) is 6.92 Å².